The van der Waals surface area contributed by atoms with Crippen molar-refractivity contribution in [3.8, 4) is 11.5 Å². The second kappa shape index (κ2) is 9.27. The van der Waals surface area contributed by atoms with Gasteiger partial charge in [-0.05, 0) is 55.0 Å². The average molecular weight is 353 g/mol. The molecule has 26 heavy (non-hydrogen) atoms. The van der Waals surface area contributed by atoms with E-state index < -0.39 is 0 Å². The lowest BCUT2D eigenvalue weighted by Gasteiger charge is -2.32. The number of aryl methyl sites for hydroxylation is 1. The third-order valence-electron chi connectivity index (χ3n) is 4.98. The Morgan fingerprint density at radius 2 is 1.69 bits per heavy atom. The van der Waals surface area contributed by atoms with Gasteiger partial charge in [0.1, 0.15) is 11.5 Å². The fourth-order valence-corrected chi connectivity index (χ4v) is 3.28. The molecule has 1 aliphatic rings. The molecular formula is C22H27NO3. The molecule has 1 amide bonds. The van der Waals surface area contributed by atoms with Crippen molar-refractivity contribution < 1.29 is 14.3 Å². The third-order valence-corrected chi connectivity index (χ3v) is 4.98. The molecule has 0 saturated carbocycles. The van der Waals surface area contributed by atoms with Crippen LogP contribution in [0.25, 0.3) is 0 Å². The van der Waals surface area contributed by atoms with E-state index in [1.807, 2.05) is 59.5 Å². The average Bonchev–Trinajstić information content (AvgIpc) is 2.72. The van der Waals surface area contributed by atoms with E-state index in [0.717, 1.165) is 50.5 Å². The topological polar surface area (TPSA) is 38.8 Å². The Labute approximate surface area is 155 Å². The minimum atomic E-state index is 0.253. The maximum Gasteiger partial charge on any atom is 0.222 e. The minimum Gasteiger partial charge on any atom is -0.497 e. The van der Waals surface area contributed by atoms with Gasteiger partial charge in [-0.15, -0.1) is 0 Å². The van der Waals surface area contributed by atoms with Gasteiger partial charge in [-0.3, -0.25) is 4.79 Å². The van der Waals surface area contributed by atoms with Crippen LogP contribution < -0.4 is 9.47 Å². The van der Waals surface area contributed by atoms with Crippen LogP contribution in [0.2, 0.25) is 0 Å². The van der Waals surface area contributed by atoms with Crippen LogP contribution in [0.5, 0.6) is 11.5 Å². The van der Waals surface area contributed by atoms with Crippen molar-refractivity contribution in [3.05, 3.63) is 60.2 Å². The quantitative estimate of drug-likeness (QED) is 0.757. The van der Waals surface area contributed by atoms with Crippen molar-refractivity contribution in [3.63, 3.8) is 0 Å². The van der Waals surface area contributed by atoms with Gasteiger partial charge >= 0.3 is 0 Å². The van der Waals surface area contributed by atoms with Crippen LogP contribution in [0, 0.1) is 5.92 Å². The number of carbonyl (C=O) groups excluding carboxylic acids is 1. The highest BCUT2D eigenvalue weighted by Crippen LogP contribution is 2.20. The number of amides is 1. The van der Waals surface area contributed by atoms with Crippen LogP contribution in [0.4, 0.5) is 0 Å². The van der Waals surface area contributed by atoms with E-state index in [4.69, 9.17) is 9.47 Å². The molecule has 3 rings (SSSR count). The lowest BCUT2D eigenvalue weighted by molar-refractivity contribution is -0.132. The van der Waals surface area contributed by atoms with Crippen molar-refractivity contribution in [1.29, 1.82) is 0 Å². The molecule has 138 valence electrons. The molecule has 0 N–H and O–H groups in total. The number of ether oxygens (including phenoxy) is 2. The van der Waals surface area contributed by atoms with Crippen LogP contribution in [-0.4, -0.2) is 37.6 Å². The lowest BCUT2D eigenvalue weighted by Crippen LogP contribution is -2.39. The molecule has 4 heteroatoms. The molecule has 0 bridgehead atoms. The molecule has 2 aromatic rings. The lowest BCUT2D eigenvalue weighted by atomic mass is 9.97. The number of para-hydroxylation sites is 1. The second-order valence-electron chi connectivity index (χ2n) is 6.80. The predicted octanol–water partition coefficient (Wildman–Crippen LogP) is 3.95. The summed E-state index contributed by atoms with van der Waals surface area (Å²) in [6.45, 7) is 2.41. The minimum absolute atomic E-state index is 0.253. The Hall–Kier alpha value is -2.49. The number of likely N-dealkylation sites (tertiary alicyclic amines) is 1. The summed E-state index contributed by atoms with van der Waals surface area (Å²) < 4.78 is 11.0. The maximum atomic E-state index is 12.5. The molecule has 2 aromatic carbocycles. The number of nitrogens with zero attached hydrogens (tertiary/aromatic N) is 1. The SMILES string of the molecule is COc1ccc(CCC(=O)N2CCC(COc3ccccc3)CC2)cc1. The largest absolute Gasteiger partial charge is 0.497 e. The highest BCUT2D eigenvalue weighted by Gasteiger charge is 2.23. The maximum absolute atomic E-state index is 12.5. The summed E-state index contributed by atoms with van der Waals surface area (Å²) >= 11 is 0. The van der Waals surface area contributed by atoms with Crippen LogP contribution in [0.1, 0.15) is 24.8 Å². The summed E-state index contributed by atoms with van der Waals surface area (Å²) in [5.41, 5.74) is 1.17. The first-order chi connectivity index (χ1) is 12.7. The first-order valence-corrected chi connectivity index (χ1v) is 9.33. The molecule has 0 atom stereocenters. The first kappa shape index (κ1) is 18.3. The van der Waals surface area contributed by atoms with Crippen molar-refractivity contribution >= 4 is 5.91 Å². The molecule has 0 aromatic heterocycles. The van der Waals surface area contributed by atoms with Gasteiger partial charge in [-0.25, -0.2) is 0 Å². The molecule has 1 aliphatic heterocycles. The number of benzene rings is 2. The van der Waals surface area contributed by atoms with Crippen molar-refractivity contribution in [2.45, 2.75) is 25.7 Å². The van der Waals surface area contributed by atoms with E-state index in [0.29, 0.717) is 12.3 Å². The monoisotopic (exact) mass is 353 g/mol. The van der Waals surface area contributed by atoms with E-state index in [-0.39, 0.29) is 5.91 Å². The number of piperidine rings is 1. The Balaban J connectivity index is 1.37. The first-order valence-electron chi connectivity index (χ1n) is 9.33. The van der Waals surface area contributed by atoms with E-state index in [1.54, 1.807) is 7.11 Å². The fraction of sp³-hybridized carbons (Fsp3) is 0.409. The van der Waals surface area contributed by atoms with Crippen LogP contribution in [0.15, 0.2) is 54.6 Å². The van der Waals surface area contributed by atoms with Crippen LogP contribution in [-0.2, 0) is 11.2 Å². The molecule has 4 nitrogen and oxygen atoms in total. The van der Waals surface area contributed by atoms with E-state index >= 15 is 0 Å². The van der Waals surface area contributed by atoms with E-state index in [9.17, 15) is 4.79 Å². The number of carbonyl (C=O) groups is 1. The van der Waals surface area contributed by atoms with Crippen LogP contribution in [0.3, 0.4) is 0 Å². The summed E-state index contributed by atoms with van der Waals surface area (Å²) in [5, 5.41) is 0. The standard InChI is InChI=1S/C22H27NO3/c1-25-20-10-7-18(8-11-20)9-12-22(24)23-15-13-19(14-16-23)17-26-21-5-3-2-4-6-21/h2-8,10-11,19H,9,12-17H2,1H3. The third kappa shape index (κ3) is 5.25. The molecule has 1 heterocycles. The van der Waals surface area contributed by atoms with E-state index in [1.165, 1.54) is 5.56 Å². The molecule has 0 spiro atoms. The van der Waals surface area contributed by atoms with Gasteiger partial charge in [0.2, 0.25) is 5.91 Å². The molecule has 0 radical (unpaired) electrons. The molecule has 1 saturated heterocycles. The molecule has 1 fully saturated rings. The fourth-order valence-electron chi connectivity index (χ4n) is 3.28. The van der Waals surface area contributed by atoms with Crippen molar-refractivity contribution in [2.75, 3.05) is 26.8 Å². The molecule has 0 unspecified atom stereocenters. The van der Waals surface area contributed by atoms with Gasteiger partial charge in [-0.2, -0.15) is 0 Å². The van der Waals surface area contributed by atoms with Crippen LogP contribution >= 0.6 is 0 Å². The van der Waals surface area contributed by atoms with Gasteiger partial charge in [0.25, 0.3) is 0 Å². The Bertz CT molecular complexity index is 676. The van der Waals surface area contributed by atoms with E-state index in [2.05, 4.69) is 0 Å². The molecular weight excluding hydrogens is 326 g/mol. The highest BCUT2D eigenvalue weighted by molar-refractivity contribution is 5.76. The zero-order chi connectivity index (χ0) is 18.2. The van der Waals surface area contributed by atoms with Crippen molar-refractivity contribution in [2.24, 2.45) is 5.92 Å². The summed E-state index contributed by atoms with van der Waals surface area (Å²) in [4.78, 5) is 14.5. The zero-order valence-corrected chi connectivity index (χ0v) is 15.4. The Kier molecular flexibility index (Phi) is 6.53. The number of methoxy groups -OCH3 is 1. The summed E-state index contributed by atoms with van der Waals surface area (Å²) in [6.07, 6.45) is 3.37. The smallest absolute Gasteiger partial charge is 0.222 e. The second-order valence-corrected chi connectivity index (χ2v) is 6.80. The van der Waals surface area contributed by atoms with Gasteiger partial charge in [0.05, 0.1) is 13.7 Å². The van der Waals surface area contributed by atoms with Gasteiger partial charge in [-0.1, -0.05) is 30.3 Å². The number of rotatable bonds is 7. The summed E-state index contributed by atoms with van der Waals surface area (Å²) in [6, 6.07) is 17.9. The van der Waals surface area contributed by atoms with Crippen molar-refractivity contribution in [1.82, 2.24) is 4.90 Å². The van der Waals surface area contributed by atoms with Gasteiger partial charge < -0.3 is 14.4 Å². The highest BCUT2D eigenvalue weighted by atomic mass is 16.5. The Morgan fingerprint density at radius 3 is 2.35 bits per heavy atom. The summed E-state index contributed by atoms with van der Waals surface area (Å²) in [5.74, 6) is 2.55. The number of hydrogen-bond donors (Lipinski definition) is 0. The number of hydrogen-bond acceptors (Lipinski definition) is 3. The normalized spacial score (nSPS) is 14.9. The Morgan fingerprint density at radius 1 is 1.00 bits per heavy atom. The molecule has 0 aliphatic carbocycles. The van der Waals surface area contributed by atoms with Gasteiger partial charge in [0, 0.05) is 19.5 Å². The van der Waals surface area contributed by atoms with Gasteiger partial charge in [0.15, 0.2) is 0 Å². The zero-order valence-electron chi connectivity index (χ0n) is 15.4. The predicted molar refractivity (Wildman–Crippen MR) is 103 cm³/mol. The summed E-state index contributed by atoms with van der Waals surface area (Å²) in [7, 11) is 1.66.